The Labute approximate surface area is 132 Å². The molecule has 1 aliphatic heterocycles. The highest BCUT2D eigenvalue weighted by molar-refractivity contribution is 5.33. The van der Waals surface area contributed by atoms with E-state index in [1.807, 2.05) is 0 Å². The van der Waals surface area contributed by atoms with Gasteiger partial charge < -0.3 is 5.73 Å². The maximum absolute atomic E-state index is 13.1. The first kappa shape index (κ1) is 16.6. The molecule has 1 aromatic heterocycles. The van der Waals surface area contributed by atoms with Crippen LogP contribution in [0.3, 0.4) is 0 Å². The highest BCUT2D eigenvalue weighted by Gasteiger charge is 2.46. The van der Waals surface area contributed by atoms with Crippen LogP contribution in [0.2, 0.25) is 0 Å². The third-order valence-electron chi connectivity index (χ3n) is 4.03. The van der Waals surface area contributed by atoms with Crippen molar-refractivity contribution in [1.29, 1.82) is 0 Å². The van der Waals surface area contributed by atoms with Crippen LogP contribution in [0.1, 0.15) is 41.8 Å². The van der Waals surface area contributed by atoms with Crippen molar-refractivity contribution in [1.82, 2.24) is 14.8 Å². The molecular weight excluding hydrogens is 338 g/mol. The molecular formula is C14H12F6N4. The van der Waals surface area contributed by atoms with Gasteiger partial charge in [0, 0.05) is 5.92 Å². The van der Waals surface area contributed by atoms with E-state index in [4.69, 9.17) is 5.73 Å². The van der Waals surface area contributed by atoms with Crippen molar-refractivity contribution in [3.05, 3.63) is 41.2 Å². The number of aromatic nitrogens is 3. The summed E-state index contributed by atoms with van der Waals surface area (Å²) in [6.07, 6.45) is -9.13. The highest BCUT2D eigenvalue weighted by Crippen LogP contribution is 2.44. The van der Waals surface area contributed by atoms with Crippen LogP contribution in [0.4, 0.5) is 32.3 Å². The van der Waals surface area contributed by atoms with Crippen LogP contribution in [0, 0.1) is 0 Å². The first-order valence-electron chi connectivity index (χ1n) is 7.03. The van der Waals surface area contributed by atoms with E-state index in [2.05, 4.69) is 10.1 Å². The van der Waals surface area contributed by atoms with E-state index in [-0.39, 0.29) is 24.6 Å². The first-order chi connectivity index (χ1) is 11.1. The average Bonchev–Trinajstić information content (AvgIpc) is 2.85. The molecule has 0 radical (unpaired) electrons. The van der Waals surface area contributed by atoms with E-state index in [1.165, 1.54) is 12.1 Å². The fraction of sp³-hybridized carbons (Fsp3) is 0.429. The monoisotopic (exact) mass is 350 g/mol. The van der Waals surface area contributed by atoms with Gasteiger partial charge in [-0.15, -0.1) is 5.10 Å². The van der Waals surface area contributed by atoms with Crippen molar-refractivity contribution in [2.75, 3.05) is 5.73 Å². The normalized spacial score (nSPS) is 21.6. The van der Waals surface area contributed by atoms with E-state index in [0.717, 1.165) is 16.8 Å². The summed E-state index contributed by atoms with van der Waals surface area (Å²) >= 11 is 0. The Hall–Kier alpha value is -2.26. The maximum atomic E-state index is 13.1. The smallest absolute Gasteiger partial charge is 0.366 e. The van der Waals surface area contributed by atoms with Gasteiger partial charge in [-0.1, -0.05) is 12.1 Å². The molecule has 2 unspecified atom stereocenters. The zero-order chi connectivity index (χ0) is 17.7. The molecule has 0 spiro atoms. The van der Waals surface area contributed by atoms with E-state index in [0.29, 0.717) is 5.56 Å². The SMILES string of the molecule is Nc1nc2n(n1)C(C(F)(F)F)CCC2c1ccc(C(F)(F)F)cc1. The van der Waals surface area contributed by atoms with E-state index < -0.39 is 29.9 Å². The number of fused-ring (bicyclic) bond motifs is 1. The number of nitrogens with zero attached hydrogens (tertiary/aromatic N) is 3. The third kappa shape index (κ3) is 2.92. The number of halogens is 6. The van der Waals surface area contributed by atoms with E-state index in [1.54, 1.807) is 0 Å². The minimum Gasteiger partial charge on any atom is -0.366 e. The summed E-state index contributed by atoms with van der Waals surface area (Å²) in [6.45, 7) is 0. The Kier molecular flexibility index (Phi) is 3.72. The molecule has 1 aromatic carbocycles. The Bertz CT molecular complexity index is 731. The standard InChI is InChI=1S/C14H12F6N4/c15-13(16,17)8-3-1-7(2-4-8)9-5-6-10(14(18,19)20)24-11(9)22-12(21)23-24/h1-4,9-10H,5-6H2,(H2,21,23). The van der Waals surface area contributed by atoms with Crippen molar-refractivity contribution < 1.29 is 26.3 Å². The summed E-state index contributed by atoms with van der Waals surface area (Å²) in [7, 11) is 0. The molecule has 0 fully saturated rings. The Morgan fingerprint density at radius 1 is 1.00 bits per heavy atom. The van der Waals surface area contributed by atoms with Gasteiger partial charge in [0.2, 0.25) is 5.95 Å². The third-order valence-corrected chi connectivity index (χ3v) is 4.03. The minimum absolute atomic E-state index is 0.0147. The fourth-order valence-electron chi connectivity index (χ4n) is 2.92. The summed E-state index contributed by atoms with van der Waals surface area (Å²) in [4.78, 5) is 3.85. The molecule has 0 amide bonds. The van der Waals surface area contributed by atoms with E-state index >= 15 is 0 Å². The Morgan fingerprint density at radius 3 is 2.17 bits per heavy atom. The van der Waals surface area contributed by atoms with Gasteiger partial charge >= 0.3 is 12.4 Å². The summed E-state index contributed by atoms with van der Waals surface area (Å²) in [6, 6.07) is 2.46. The zero-order valence-electron chi connectivity index (χ0n) is 12.1. The lowest BCUT2D eigenvalue weighted by Gasteiger charge is -2.30. The van der Waals surface area contributed by atoms with Gasteiger partial charge in [0.1, 0.15) is 11.9 Å². The second-order valence-electron chi connectivity index (χ2n) is 5.58. The lowest BCUT2D eigenvalue weighted by atomic mass is 9.88. The maximum Gasteiger partial charge on any atom is 0.416 e. The average molecular weight is 350 g/mol. The number of anilines is 1. The summed E-state index contributed by atoms with van der Waals surface area (Å²) in [5.41, 5.74) is 5.05. The number of benzene rings is 1. The number of nitrogen functional groups attached to an aromatic ring is 1. The van der Waals surface area contributed by atoms with Gasteiger partial charge in [-0.3, -0.25) is 0 Å². The fourth-order valence-corrected chi connectivity index (χ4v) is 2.92. The van der Waals surface area contributed by atoms with Gasteiger partial charge in [-0.2, -0.15) is 31.3 Å². The van der Waals surface area contributed by atoms with E-state index in [9.17, 15) is 26.3 Å². The molecule has 130 valence electrons. The highest BCUT2D eigenvalue weighted by atomic mass is 19.4. The number of hydrogen-bond donors (Lipinski definition) is 1. The predicted molar refractivity (Wildman–Crippen MR) is 72.0 cm³/mol. The molecule has 4 nitrogen and oxygen atoms in total. The van der Waals surface area contributed by atoms with Crippen LogP contribution in [0.15, 0.2) is 24.3 Å². The van der Waals surface area contributed by atoms with Gasteiger partial charge in [0.25, 0.3) is 0 Å². The number of hydrogen-bond acceptors (Lipinski definition) is 3. The molecule has 1 aliphatic rings. The molecule has 2 atom stereocenters. The van der Waals surface area contributed by atoms with Gasteiger partial charge in [0.05, 0.1) is 5.56 Å². The van der Waals surface area contributed by atoms with Crippen LogP contribution in [-0.4, -0.2) is 20.9 Å². The van der Waals surface area contributed by atoms with Gasteiger partial charge in [-0.05, 0) is 30.5 Å². The largest absolute Gasteiger partial charge is 0.416 e. The van der Waals surface area contributed by atoms with Crippen LogP contribution >= 0.6 is 0 Å². The molecule has 2 heterocycles. The lowest BCUT2D eigenvalue weighted by Crippen LogP contribution is -2.33. The Balaban J connectivity index is 1.98. The van der Waals surface area contributed by atoms with Gasteiger partial charge in [0.15, 0.2) is 0 Å². The topological polar surface area (TPSA) is 56.7 Å². The molecule has 2 N–H and O–H groups in total. The summed E-state index contributed by atoms with van der Waals surface area (Å²) in [5.74, 6) is -0.866. The molecule has 2 aromatic rings. The molecule has 3 rings (SSSR count). The van der Waals surface area contributed by atoms with Crippen molar-refractivity contribution in [3.63, 3.8) is 0 Å². The minimum atomic E-state index is -4.50. The Morgan fingerprint density at radius 2 is 1.62 bits per heavy atom. The molecule has 0 aliphatic carbocycles. The van der Waals surface area contributed by atoms with Crippen LogP contribution < -0.4 is 5.73 Å². The summed E-state index contributed by atoms with van der Waals surface area (Å²) in [5, 5.41) is 3.61. The van der Waals surface area contributed by atoms with Crippen LogP contribution in [-0.2, 0) is 6.18 Å². The second kappa shape index (κ2) is 5.38. The quantitative estimate of drug-likeness (QED) is 0.794. The number of nitrogens with two attached hydrogens (primary N) is 1. The van der Waals surface area contributed by atoms with Crippen molar-refractivity contribution in [3.8, 4) is 0 Å². The molecule has 24 heavy (non-hydrogen) atoms. The second-order valence-corrected chi connectivity index (χ2v) is 5.58. The van der Waals surface area contributed by atoms with Crippen molar-refractivity contribution in [2.24, 2.45) is 0 Å². The zero-order valence-corrected chi connectivity index (χ0v) is 12.1. The van der Waals surface area contributed by atoms with Crippen molar-refractivity contribution in [2.45, 2.75) is 37.2 Å². The molecule has 0 saturated carbocycles. The number of rotatable bonds is 1. The lowest BCUT2D eigenvalue weighted by molar-refractivity contribution is -0.175. The van der Waals surface area contributed by atoms with Gasteiger partial charge in [-0.25, -0.2) is 4.68 Å². The van der Waals surface area contributed by atoms with Crippen LogP contribution in [0.25, 0.3) is 0 Å². The number of alkyl halides is 6. The van der Waals surface area contributed by atoms with Crippen molar-refractivity contribution >= 4 is 5.95 Å². The van der Waals surface area contributed by atoms with Crippen LogP contribution in [0.5, 0.6) is 0 Å². The molecule has 0 bridgehead atoms. The molecule has 0 saturated heterocycles. The first-order valence-corrected chi connectivity index (χ1v) is 7.03. The molecule has 10 heteroatoms. The summed E-state index contributed by atoms with van der Waals surface area (Å²) < 4.78 is 77.9. The predicted octanol–water partition coefficient (Wildman–Crippen LogP) is 3.91.